The second kappa shape index (κ2) is 8.10. The van der Waals surface area contributed by atoms with E-state index in [-0.39, 0.29) is 35.9 Å². The van der Waals surface area contributed by atoms with Crippen molar-refractivity contribution in [3.05, 3.63) is 54.5 Å². The van der Waals surface area contributed by atoms with Gasteiger partial charge in [-0.25, -0.2) is 9.59 Å². The van der Waals surface area contributed by atoms with Gasteiger partial charge in [0.25, 0.3) is 5.56 Å². The molecule has 0 bridgehead atoms. The van der Waals surface area contributed by atoms with E-state index < -0.39 is 29.2 Å². The van der Waals surface area contributed by atoms with Crippen molar-refractivity contribution in [1.82, 2.24) is 9.13 Å². The monoisotopic (exact) mass is 389 g/mol. The van der Waals surface area contributed by atoms with E-state index in [0.29, 0.717) is 5.56 Å². The third-order valence-corrected chi connectivity index (χ3v) is 4.33. The molecule has 0 aliphatic heterocycles. The highest BCUT2D eigenvalue weighted by molar-refractivity contribution is 7.12. The van der Waals surface area contributed by atoms with Crippen LogP contribution in [0.4, 0.5) is 0 Å². The van der Waals surface area contributed by atoms with Crippen LogP contribution in [0.2, 0.25) is 0 Å². The van der Waals surface area contributed by atoms with Gasteiger partial charge in [-0.2, -0.15) is 0 Å². The Hall–Kier alpha value is -2.43. The normalized spacial score (nSPS) is 11.6. The molecule has 0 fully saturated rings. The van der Waals surface area contributed by atoms with Gasteiger partial charge in [0.1, 0.15) is 10.9 Å². The van der Waals surface area contributed by atoms with Crippen LogP contribution < -0.4 is 17.0 Å². The third kappa shape index (κ3) is 4.35. The number of aliphatic carboxylic acids is 1. The number of hydrogen-bond donors (Lipinski definition) is 3. The number of aromatic carboxylic acids is 1. The molecule has 0 aromatic carbocycles. The van der Waals surface area contributed by atoms with Gasteiger partial charge < -0.3 is 15.9 Å². The van der Waals surface area contributed by atoms with Gasteiger partial charge in [0.2, 0.25) is 0 Å². The highest BCUT2D eigenvalue weighted by atomic mass is 35.5. The Morgan fingerprint density at radius 2 is 1.96 bits per heavy atom. The number of aryl methyl sites for hydroxylation is 1. The maximum Gasteiger partial charge on any atom is 0.346 e. The lowest BCUT2D eigenvalue weighted by molar-refractivity contribution is -0.138. The van der Waals surface area contributed by atoms with Crippen molar-refractivity contribution < 1.29 is 19.8 Å². The number of halogens is 1. The van der Waals surface area contributed by atoms with E-state index in [0.717, 1.165) is 20.5 Å². The smallest absolute Gasteiger partial charge is 0.346 e. The maximum atomic E-state index is 12.4. The number of nitrogens with two attached hydrogens (primary N) is 1. The van der Waals surface area contributed by atoms with E-state index in [1.165, 1.54) is 19.2 Å². The standard InChI is InChI=1S/C14H15N3O6S.ClH/c1-7-4-16(6-9(15)12(19)20)14(23)17(11(7)18)5-8-2-3-24-10(8)13(21)22;/h2-4,9H,5-6,15H2,1H3,(H,19,20)(H,21,22);1H/t9-;/m0./s1. The van der Waals surface area contributed by atoms with Gasteiger partial charge in [0, 0.05) is 11.8 Å². The first-order chi connectivity index (χ1) is 11.2. The van der Waals surface area contributed by atoms with Crippen LogP contribution in [-0.4, -0.2) is 37.3 Å². The van der Waals surface area contributed by atoms with Gasteiger partial charge in [0.05, 0.1) is 13.1 Å². The highest BCUT2D eigenvalue weighted by Crippen LogP contribution is 2.17. The maximum absolute atomic E-state index is 12.4. The van der Waals surface area contributed by atoms with Gasteiger partial charge >= 0.3 is 17.6 Å². The Kier molecular flexibility index (Phi) is 6.68. The van der Waals surface area contributed by atoms with Crippen LogP contribution in [0.15, 0.2) is 27.2 Å². The predicted octanol–water partition coefficient (Wildman–Crippen LogP) is -0.0399. The number of carboxylic acids is 2. The Labute approximate surface area is 151 Å². The number of carboxylic acid groups (broad SMARTS) is 2. The zero-order valence-electron chi connectivity index (χ0n) is 13.0. The number of aromatic nitrogens is 2. The minimum Gasteiger partial charge on any atom is -0.480 e. The van der Waals surface area contributed by atoms with Crippen molar-refractivity contribution in [2.45, 2.75) is 26.1 Å². The summed E-state index contributed by atoms with van der Waals surface area (Å²) in [4.78, 5) is 46.7. The highest BCUT2D eigenvalue weighted by Gasteiger charge is 2.18. The van der Waals surface area contributed by atoms with E-state index >= 15 is 0 Å². The molecule has 0 spiro atoms. The lowest BCUT2D eigenvalue weighted by atomic mass is 10.2. The second-order valence-electron chi connectivity index (χ2n) is 5.16. The Morgan fingerprint density at radius 3 is 2.52 bits per heavy atom. The van der Waals surface area contributed by atoms with E-state index in [9.17, 15) is 19.2 Å². The number of carbonyl (C=O) groups is 2. The Bertz CT molecular complexity index is 916. The number of hydrogen-bond acceptors (Lipinski definition) is 6. The van der Waals surface area contributed by atoms with Gasteiger partial charge in [-0.15, -0.1) is 23.7 Å². The van der Waals surface area contributed by atoms with Crippen molar-refractivity contribution in [2.75, 3.05) is 0 Å². The Balaban J connectivity index is 0.00000312. The first-order valence-electron chi connectivity index (χ1n) is 6.81. The fourth-order valence-corrected chi connectivity index (χ4v) is 2.93. The summed E-state index contributed by atoms with van der Waals surface area (Å²) in [6.07, 6.45) is 1.25. The number of nitrogens with zero attached hydrogens (tertiary/aromatic N) is 2. The zero-order chi connectivity index (χ0) is 18.0. The van der Waals surface area contributed by atoms with Crippen molar-refractivity contribution in [3.8, 4) is 0 Å². The summed E-state index contributed by atoms with van der Waals surface area (Å²) >= 11 is 0.990. The molecule has 0 radical (unpaired) electrons. The predicted molar refractivity (Wildman–Crippen MR) is 92.9 cm³/mol. The molecule has 2 aromatic rings. The van der Waals surface area contributed by atoms with E-state index in [2.05, 4.69) is 0 Å². The summed E-state index contributed by atoms with van der Waals surface area (Å²) in [5.41, 5.74) is 4.67. The molecule has 1 atom stereocenters. The topological polar surface area (TPSA) is 145 Å². The van der Waals surface area contributed by atoms with Gasteiger partial charge in [-0.1, -0.05) is 0 Å². The van der Waals surface area contributed by atoms with Crippen LogP contribution >= 0.6 is 23.7 Å². The SMILES string of the molecule is Cc1cn(C[C@H](N)C(=O)O)c(=O)n(Cc2ccsc2C(=O)O)c1=O.Cl. The first kappa shape index (κ1) is 20.6. The van der Waals surface area contributed by atoms with Crippen LogP contribution in [0.5, 0.6) is 0 Å². The minimum absolute atomic E-state index is 0. The van der Waals surface area contributed by atoms with Gasteiger partial charge in [0.15, 0.2) is 0 Å². The third-order valence-electron chi connectivity index (χ3n) is 3.39. The molecule has 2 heterocycles. The summed E-state index contributed by atoms with van der Waals surface area (Å²) in [5, 5.41) is 19.5. The molecule has 0 saturated carbocycles. The largest absolute Gasteiger partial charge is 0.480 e. The van der Waals surface area contributed by atoms with Gasteiger partial charge in [-0.3, -0.25) is 18.7 Å². The Morgan fingerprint density at radius 1 is 1.32 bits per heavy atom. The van der Waals surface area contributed by atoms with Crippen LogP contribution in [0.3, 0.4) is 0 Å². The van der Waals surface area contributed by atoms with E-state index in [1.54, 1.807) is 5.38 Å². The molecule has 0 aliphatic rings. The fraction of sp³-hybridized carbons (Fsp3) is 0.286. The molecule has 4 N–H and O–H groups in total. The van der Waals surface area contributed by atoms with Crippen molar-refractivity contribution in [3.63, 3.8) is 0 Å². The van der Waals surface area contributed by atoms with Crippen LogP contribution in [0, 0.1) is 6.92 Å². The zero-order valence-corrected chi connectivity index (χ0v) is 14.7. The summed E-state index contributed by atoms with van der Waals surface area (Å²) in [7, 11) is 0. The lowest BCUT2D eigenvalue weighted by Gasteiger charge is -2.13. The summed E-state index contributed by atoms with van der Waals surface area (Å²) < 4.78 is 1.92. The molecule has 2 aromatic heterocycles. The molecule has 0 saturated heterocycles. The molecule has 2 rings (SSSR count). The molecule has 136 valence electrons. The molecular formula is C14H16ClN3O6S. The molecule has 25 heavy (non-hydrogen) atoms. The summed E-state index contributed by atoms with van der Waals surface area (Å²) in [6, 6.07) is 0.221. The van der Waals surface area contributed by atoms with Crippen molar-refractivity contribution >= 4 is 35.7 Å². The second-order valence-corrected chi connectivity index (χ2v) is 6.08. The molecule has 0 unspecified atom stereocenters. The summed E-state index contributed by atoms with van der Waals surface area (Å²) in [5.74, 6) is -2.42. The molecule has 0 aliphatic carbocycles. The van der Waals surface area contributed by atoms with Crippen LogP contribution in [0.1, 0.15) is 20.8 Å². The lowest BCUT2D eigenvalue weighted by Crippen LogP contribution is -2.45. The van der Waals surface area contributed by atoms with E-state index in [4.69, 9.17) is 15.9 Å². The molecule has 9 nitrogen and oxygen atoms in total. The molecule has 11 heteroatoms. The average Bonchev–Trinajstić information content (AvgIpc) is 2.97. The van der Waals surface area contributed by atoms with Gasteiger partial charge in [-0.05, 0) is 23.9 Å². The quantitative estimate of drug-likeness (QED) is 0.628. The van der Waals surface area contributed by atoms with Crippen molar-refractivity contribution in [2.24, 2.45) is 5.73 Å². The number of thiophene rings is 1. The fourth-order valence-electron chi connectivity index (χ4n) is 2.18. The first-order valence-corrected chi connectivity index (χ1v) is 7.69. The molecule has 0 amide bonds. The summed E-state index contributed by atoms with van der Waals surface area (Å²) in [6.45, 7) is 0.963. The van der Waals surface area contributed by atoms with Crippen molar-refractivity contribution in [1.29, 1.82) is 0 Å². The van der Waals surface area contributed by atoms with E-state index in [1.807, 2.05) is 0 Å². The number of rotatable bonds is 6. The average molecular weight is 390 g/mol. The molecular weight excluding hydrogens is 374 g/mol. The van der Waals surface area contributed by atoms with Crippen LogP contribution in [0.25, 0.3) is 0 Å². The minimum atomic E-state index is -1.30. The van der Waals surface area contributed by atoms with Crippen LogP contribution in [-0.2, 0) is 17.9 Å².